The Balaban J connectivity index is 1.22. The van der Waals surface area contributed by atoms with Crippen LogP contribution in [-0.4, -0.2) is 65.0 Å². The number of methoxy groups -OCH3 is 2. The molecule has 3 aromatic carbocycles. The number of rotatable bonds is 12. The summed E-state index contributed by atoms with van der Waals surface area (Å²) >= 11 is 2.81. The van der Waals surface area contributed by atoms with Crippen molar-refractivity contribution in [3.63, 3.8) is 0 Å². The second kappa shape index (κ2) is 14.2. The second-order valence-electron chi connectivity index (χ2n) is 10.6. The molecule has 0 bridgehead atoms. The van der Waals surface area contributed by atoms with E-state index in [-0.39, 0.29) is 24.0 Å². The fourth-order valence-corrected chi connectivity index (χ4v) is 7.24. The van der Waals surface area contributed by atoms with Crippen molar-refractivity contribution >= 4 is 46.9 Å². The Hall–Kier alpha value is -4.94. The van der Waals surface area contributed by atoms with Crippen LogP contribution in [0.25, 0.3) is 16.8 Å². The van der Waals surface area contributed by atoms with E-state index in [2.05, 4.69) is 17.1 Å². The number of β-lactam (4-membered cyclic amide) rings is 1. The molecule has 2 aliphatic heterocycles. The van der Waals surface area contributed by atoms with E-state index in [0.717, 1.165) is 16.0 Å². The summed E-state index contributed by atoms with van der Waals surface area (Å²) in [6, 6.07) is 25.0. The smallest absolute Gasteiger partial charge is 0.355 e. The maximum absolute atomic E-state index is 13.8. The van der Waals surface area contributed by atoms with Gasteiger partial charge in [-0.25, -0.2) is 4.79 Å². The van der Waals surface area contributed by atoms with Crippen molar-refractivity contribution in [1.82, 2.24) is 15.4 Å². The lowest BCUT2D eigenvalue weighted by atomic mass is 9.98. The molecule has 2 atom stereocenters. The average Bonchev–Trinajstić information content (AvgIpc) is 3.62. The third kappa shape index (κ3) is 6.93. The van der Waals surface area contributed by atoms with Crippen LogP contribution >= 0.6 is 23.5 Å². The van der Waals surface area contributed by atoms with Gasteiger partial charge in [-0.2, -0.15) is 0 Å². The van der Waals surface area contributed by atoms with Crippen LogP contribution in [0.1, 0.15) is 11.3 Å². The zero-order valence-electron chi connectivity index (χ0n) is 25.6. The highest BCUT2D eigenvalue weighted by atomic mass is 32.2. The minimum Gasteiger partial charge on any atom is -0.497 e. The number of fused-ring (bicyclic) bond motifs is 1. The molecule has 0 spiro atoms. The zero-order chi connectivity index (χ0) is 32.9. The number of aromatic nitrogens is 1. The number of nitrogens with zero attached hydrogens (tertiary/aromatic N) is 2. The molecule has 47 heavy (non-hydrogen) atoms. The number of allylic oxidation sites excluding steroid dienone is 1. The van der Waals surface area contributed by atoms with Gasteiger partial charge in [-0.3, -0.25) is 14.5 Å². The van der Waals surface area contributed by atoms with Gasteiger partial charge in [0.1, 0.15) is 40.9 Å². The summed E-state index contributed by atoms with van der Waals surface area (Å²) in [7, 11) is 3.17. The average molecular weight is 670 g/mol. The van der Waals surface area contributed by atoms with E-state index in [4.69, 9.17) is 18.7 Å². The molecule has 3 heterocycles. The zero-order valence-corrected chi connectivity index (χ0v) is 27.3. The number of carbonyl (C=O) groups excluding carboxylic acids is 3. The Morgan fingerprint density at radius 3 is 2.38 bits per heavy atom. The largest absolute Gasteiger partial charge is 0.497 e. The maximum atomic E-state index is 13.8. The van der Waals surface area contributed by atoms with Gasteiger partial charge in [0.25, 0.3) is 5.91 Å². The lowest BCUT2D eigenvalue weighted by molar-refractivity contribution is -0.153. The van der Waals surface area contributed by atoms with Gasteiger partial charge >= 0.3 is 5.97 Å². The molecule has 4 aromatic rings. The monoisotopic (exact) mass is 669 g/mol. The van der Waals surface area contributed by atoms with Gasteiger partial charge in [0, 0.05) is 33.4 Å². The fraction of sp³-hybridized carbons (Fsp3) is 0.200. The van der Waals surface area contributed by atoms with E-state index in [1.807, 2.05) is 54.6 Å². The fourth-order valence-electron chi connectivity index (χ4n) is 5.12. The number of hydrogen-bond donors (Lipinski definition) is 1. The molecule has 1 saturated heterocycles. The Kier molecular flexibility index (Phi) is 9.69. The lowest BCUT2D eigenvalue weighted by Gasteiger charge is -2.49. The Labute approximate surface area is 280 Å². The lowest BCUT2D eigenvalue weighted by Crippen LogP contribution is -2.70. The molecule has 0 radical (unpaired) electrons. The topological polar surface area (TPSA) is 120 Å². The predicted octanol–water partition coefficient (Wildman–Crippen LogP) is 5.56. The standard InChI is InChI=1S/C35H31N3O7S2/c1-21(29-17-28(37-45-29)23-11-15-25(43-3)16-12-23)27-19-47-34-31(36-30(39)20-46-26-7-5-4-6-8-26)33(40)38(34)32(27)35(41)44-18-22-9-13-24(42-2)14-10-22/h4-17,31,34H,1,18-20H2,2-3H3,(H,36,39)/t31-,34-/m1/s1. The van der Waals surface area contributed by atoms with E-state index >= 15 is 0 Å². The van der Waals surface area contributed by atoms with E-state index < -0.39 is 23.3 Å². The first-order valence-electron chi connectivity index (χ1n) is 14.6. The van der Waals surface area contributed by atoms with E-state index in [1.165, 1.54) is 28.4 Å². The van der Waals surface area contributed by atoms with E-state index in [0.29, 0.717) is 39.9 Å². The molecular formula is C35H31N3O7S2. The first-order valence-corrected chi connectivity index (χ1v) is 16.7. The highest BCUT2D eigenvalue weighted by Gasteiger charge is 2.54. The summed E-state index contributed by atoms with van der Waals surface area (Å²) < 4.78 is 21.8. The van der Waals surface area contributed by atoms with Crippen LogP contribution in [0, 0.1) is 0 Å². The van der Waals surface area contributed by atoms with Gasteiger partial charge in [0.2, 0.25) is 5.91 Å². The minimum atomic E-state index is -0.782. The van der Waals surface area contributed by atoms with Gasteiger partial charge in [-0.05, 0) is 54.1 Å². The summed E-state index contributed by atoms with van der Waals surface area (Å²) in [5.74, 6) is 0.854. The van der Waals surface area contributed by atoms with Gasteiger partial charge in [0.15, 0.2) is 5.76 Å². The normalized spacial score (nSPS) is 17.0. The quantitative estimate of drug-likeness (QED) is 0.117. The number of benzene rings is 3. The molecular weight excluding hydrogens is 639 g/mol. The first-order chi connectivity index (χ1) is 22.9. The summed E-state index contributed by atoms with van der Waals surface area (Å²) in [5, 5.41) is 6.57. The molecule has 12 heteroatoms. The predicted molar refractivity (Wildman–Crippen MR) is 180 cm³/mol. The van der Waals surface area contributed by atoms with Crippen LogP contribution in [0.2, 0.25) is 0 Å². The molecule has 6 rings (SSSR count). The molecule has 1 aromatic heterocycles. The molecule has 240 valence electrons. The summed E-state index contributed by atoms with van der Waals surface area (Å²) in [5.41, 5.74) is 3.09. The second-order valence-corrected chi connectivity index (χ2v) is 12.7. The molecule has 0 unspecified atom stereocenters. The van der Waals surface area contributed by atoms with Crippen molar-refractivity contribution in [1.29, 1.82) is 0 Å². The Morgan fingerprint density at radius 1 is 1.02 bits per heavy atom. The highest BCUT2D eigenvalue weighted by Crippen LogP contribution is 2.44. The van der Waals surface area contributed by atoms with Gasteiger partial charge in [-0.1, -0.05) is 42.1 Å². The van der Waals surface area contributed by atoms with E-state index in [1.54, 1.807) is 44.6 Å². The van der Waals surface area contributed by atoms with Crippen molar-refractivity contribution in [3.8, 4) is 22.8 Å². The van der Waals surface area contributed by atoms with Crippen LogP contribution in [0.3, 0.4) is 0 Å². The van der Waals surface area contributed by atoms with Gasteiger partial charge in [-0.15, -0.1) is 23.5 Å². The van der Waals surface area contributed by atoms with E-state index in [9.17, 15) is 14.4 Å². The van der Waals surface area contributed by atoms with Crippen LogP contribution in [0.15, 0.2) is 112 Å². The molecule has 2 aliphatic rings. The van der Waals surface area contributed by atoms with Crippen molar-refractivity contribution in [2.45, 2.75) is 22.9 Å². The summed E-state index contributed by atoms with van der Waals surface area (Å²) in [6.07, 6.45) is 0. The molecule has 2 amide bonds. The molecule has 0 aliphatic carbocycles. The van der Waals surface area contributed by atoms with Gasteiger partial charge in [0.05, 0.1) is 20.0 Å². The Morgan fingerprint density at radius 2 is 1.70 bits per heavy atom. The minimum absolute atomic E-state index is 0.0211. The Bertz CT molecular complexity index is 1820. The molecule has 1 fully saturated rings. The van der Waals surface area contributed by atoms with Crippen LogP contribution in [0.5, 0.6) is 11.5 Å². The molecule has 1 N–H and O–H groups in total. The molecule has 10 nitrogen and oxygen atoms in total. The van der Waals surface area contributed by atoms with Gasteiger partial charge < -0.3 is 24.1 Å². The third-order valence-electron chi connectivity index (χ3n) is 7.68. The van der Waals surface area contributed by atoms with Crippen molar-refractivity contribution in [2.75, 3.05) is 25.7 Å². The number of thioether (sulfide) groups is 2. The third-order valence-corrected chi connectivity index (χ3v) is 9.97. The number of ether oxygens (including phenoxy) is 3. The van der Waals surface area contributed by atoms with Crippen LogP contribution < -0.4 is 14.8 Å². The van der Waals surface area contributed by atoms with Crippen LogP contribution in [0.4, 0.5) is 0 Å². The van der Waals surface area contributed by atoms with Crippen LogP contribution in [-0.2, 0) is 25.7 Å². The summed E-state index contributed by atoms with van der Waals surface area (Å²) in [6.45, 7) is 4.20. The highest BCUT2D eigenvalue weighted by molar-refractivity contribution is 8.00. The first kappa shape index (κ1) is 32.0. The number of esters is 1. The number of carbonyl (C=O) groups is 3. The SMILES string of the molecule is C=C(C1=C(C(=O)OCc2ccc(OC)cc2)N2C(=O)[C@@H](NC(=O)CSc3ccccc3)[C@H]2SC1)c1cc(-c2ccc(OC)cc2)no1. The number of hydrogen-bond acceptors (Lipinski definition) is 10. The number of nitrogens with one attached hydrogen (secondary N) is 1. The molecule has 0 saturated carbocycles. The summed E-state index contributed by atoms with van der Waals surface area (Å²) in [4.78, 5) is 42.5. The van der Waals surface area contributed by atoms with Crippen molar-refractivity contribution in [2.24, 2.45) is 0 Å². The maximum Gasteiger partial charge on any atom is 0.355 e. The van der Waals surface area contributed by atoms with Crippen molar-refractivity contribution in [3.05, 3.63) is 114 Å². The van der Waals surface area contributed by atoms with Crippen molar-refractivity contribution < 1.29 is 33.1 Å². The number of amides is 2.